The van der Waals surface area contributed by atoms with Gasteiger partial charge in [-0.1, -0.05) is 35.5 Å². The summed E-state index contributed by atoms with van der Waals surface area (Å²) in [5, 5.41) is 3.43. The Bertz CT molecular complexity index is 614. The van der Waals surface area contributed by atoms with Gasteiger partial charge in [0.05, 0.1) is 5.02 Å². The highest BCUT2D eigenvalue weighted by Crippen LogP contribution is 2.36. The molecule has 0 aromatic heterocycles. The van der Waals surface area contributed by atoms with Gasteiger partial charge in [-0.05, 0) is 35.9 Å². The number of nitrogens with two attached hydrogens (primary N) is 1. The first-order chi connectivity index (χ1) is 9.60. The van der Waals surface area contributed by atoms with E-state index in [-0.39, 0.29) is 5.91 Å². The Labute approximate surface area is 127 Å². The number of nitrogens with one attached hydrogen (secondary N) is 1. The molecule has 1 amide bonds. The van der Waals surface area contributed by atoms with E-state index in [9.17, 15) is 4.79 Å². The Morgan fingerprint density at radius 1 is 1.25 bits per heavy atom. The van der Waals surface area contributed by atoms with Gasteiger partial charge in [0.25, 0.3) is 0 Å². The van der Waals surface area contributed by atoms with Gasteiger partial charge in [-0.3, -0.25) is 4.79 Å². The number of carbonyl (C=O) groups is 1. The molecular formula is C15H15ClN2OS. The number of hydrogen-bond acceptors (Lipinski definition) is 3. The first-order valence-corrected chi connectivity index (χ1v) is 7.32. The zero-order valence-corrected chi connectivity index (χ0v) is 12.6. The van der Waals surface area contributed by atoms with Crippen LogP contribution in [0.3, 0.4) is 0 Å². The van der Waals surface area contributed by atoms with Crippen LogP contribution in [0.2, 0.25) is 5.02 Å². The van der Waals surface area contributed by atoms with Crippen LogP contribution in [0.1, 0.15) is 12.5 Å². The van der Waals surface area contributed by atoms with E-state index in [0.717, 1.165) is 21.0 Å². The van der Waals surface area contributed by atoms with E-state index in [1.54, 1.807) is 11.8 Å². The molecule has 3 nitrogen and oxygen atoms in total. The highest BCUT2D eigenvalue weighted by atomic mass is 35.5. The summed E-state index contributed by atoms with van der Waals surface area (Å²) >= 11 is 7.79. The molecule has 0 radical (unpaired) electrons. The number of amides is 1. The molecule has 0 fully saturated rings. The zero-order chi connectivity index (χ0) is 14.5. The molecule has 3 N–H and O–H groups in total. The lowest BCUT2D eigenvalue weighted by atomic mass is 10.2. The van der Waals surface area contributed by atoms with Gasteiger partial charge in [0, 0.05) is 28.9 Å². The lowest BCUT2D eigenvalue weighted by molar-refractivity contribution is -0.114. The Balaban J connectivity index is 2.20. The maximum Gasteiger partial charge on any atom is 0.221 e. The van der Waals surface area contributed by atoms with E-state index < -0.39 is 0 Å². The van der Waals surface area contributed by atoms with E-state index >= 15 is 0 Å². The topological polar surface area (TPSA) is 55.1 Å². The lowest BCUT2D eigenvalue weighted by Gasteiger charge is -2.10. The molecule has 0 bridgehead atoms. The van der Waals surface area contributed by atoms with Crippen molar-refractivity contribution in [2.75, 3.05) is 5.32 Å². The Morgan fingerprint density at radius 2 is 1.95 bits per heavy atom. The standard InChI is InChI=1S/C15H15ClN2OS/c1-10(19)18-12-5-7-13(8-6-12)20-15-11(9-17)3-2-4-14(15)16/h2-8H,9,17H2,1H3,(H,18,19). The zero-order valence-electron chi connectivity index (χ0n) is 11.0. The van der Waals surface area contributed by atoms with Crippen molar-refractivity contribution in [3.05, 3.63) is 53.1 Å². The monoisotopic (exact) mass is 306 g/mol. The van der Waals surface area contributed by atoms with Gasteiger partial charge in [-0.15, -0.1) is 0 Å². The number of carbonyl (C=O) groups excluding carboxylic acids is 1. The van der Waals surface area contributed by atoms with Gasteiger partial charge in [-0.2, -0.15) is 0 Å². The summed E-state index contributed by atoms with van der Waals surface area (Å²) in [5.41, 5.74) is 7.53. The smallest absolute Gasteiger partial charge is 0.221 e. The highest BCUT2D eigenvalue weighted by molar-refractivity contribution is 7.99. The molecule has 0 aliphatic carbocycles. The maximum atomic E-state index is 11.0. The van der Waals surface area contributed by atoms with Crippen LogP contribution in [-0.2, 0) is 11.3 Å². The van der Waals surface area contributed by atoms with Crippen LogP contribution in [0.5, 0.6) is 0 Å². The quantitative estimate of drug-likeness (QED) is 0.900. The van der Waals surface area contributed by atoms with Crippen LogP contribution in [0, 0.1) is 0 Å². The minimum absolute atomic E-state index is 0.0816. The van der Waals surface area contributed by atoms with Crippen LogP contribution in [0.15, 0.2) is 52.3 Å². The molecule has 0 aliphatic heterocycles. The minimum atomic E-state index is -0.0816. The number of rotatable bonds is 4. The third-order valence-electron chi connectivity index (χ3n) is 2.66. The second kappa shape index (κ2) is 6.79. The van der Waals surface area contributed by atoms with Gasteiger partial charge in [0.2, 0.25) is 5.91 Å². The molecule has 104 valence electrons. The summed E-state index contributed by atoms with van der Waals surface area (Å²) in [7, 11) is 0. The molecule has 0 spiro atoms. The average molecular weight is 307 g/mol. The summed E-state index contributed by atoms with van der Waals surface area (Å²) in [5.74, 6) is -0.0816. The Kier molecular flexibility index (Phi) is 5.06. The largest absolute Gasteiger partial charge is 0.326 e. The Hall–Kier alpha value is -1.49. The second-order valence-corrected chi connectivity index (χ2v) is 5.73. The van der Waals surface area contributed by atoms with E-state index in [1.807, 2.05) is 42.5 Å². The number of anilines is 1. The van der Waals surface area contributed by atoms with Crippen molar-refractivity contribution in [3.8, 4) is 0 Å². The predicted octanol–water partition coefficient (Wildman–Crippen LogP) is 3.91. The summed E-state index contributed by atoms with van der Waals surface area (Å²) in [6.45, 7) is 1.94. The van der Waals surface area contributed by atoms with Gasteiger partial charge < -0.3 is 11.1 Å². The fraction of sp³-hybridized carbons (Fsp3) is 0.133. The molecule has 5 heteroatoms. The first kappa shape index (κ1) is 14.9. The lowest BCUT2D eigenvalue weighted by Crippen LogP contribution is -2.05. The molecule has 0 atom stereocenters. The van der Waals surface area contributed by atoms with Crippen molar-refractivity contribution in [2.45, 2.75) is 23.3 Å². The normalized spacial score (nSPS) is 10.3. The van der Waals surface area contributed by atoms with Crippen molar-refractivity contribution in [2.24, 2.45) is 5.73 Å². The van der Waals surface area contributed by atoms with E-state index in [1.165, 1.54) is 6.92 Å². The fourth-order valence-corrected chi connectivity index (χ4v) is 3.02. The van der Waals surface area contributed by atoms with Crippen LogP contribution in [-0.4, -0.2) is 5.91 Å². The molecule has 20 heavy (non-hydrogen) atoms. The SMILES string of the molecule is CC(=O)Nc1ccc(Sc2c(Cl)cccc2CN)cc1. The minimum Gasteiger partial charge on any atom is -0.326 e. The Morgan fingerprint density at radius 3 is 2.55 bits per heavy atom. The van der Waals surface area contributed by atoms with E-state index in [2.05, 4.69) is 5.32 Å². The van der Waals surface area contributed by atoms with Crippen molar-refractivity contribution in [1.29, 1.82) is 0 Å². The van der Waals surface area contributed by atoms with Crippen molar-refractivity contribution in [3.63, 3.8) is 0 Å². The van der Waals surface area contributed by atoms with Crippen molar-refractivity contribution in [1.82, 2.24) is 0 Å². The van der Waals surface area contributed by atoms with Gasteiger partial charge in [-0.25, -0.2) is 0 Å². The summed E-state index contributed by atoms with van der Waals surface area (Å²) < 4.78 is 0. The first-order valence-electron chi connectivity index (χ1n) is 6.13. The molecule has 2 aromatic rings. The molecule has 2 rings (SSSR count). The number of halogens is 1. The average Bonchev–Trinajstić information content (AvgIpc) is 2.42. The van der Waals surface area contributed by atoms with Crippen LogP contribution in [0.25, 0.3) is 0 Å². The molecule has 0 aliphatic rings. The van der Waals surface area contributed by atoms with Gasteiger partial charge >= 0.3 is 0 Å². The van der Waals surface area contributed by atoms with Gasteiger partial charge in [0.15, 0.2) is 0 Å². The third kappa shape index (κ3) is 3.76. The molecule has 0 saturated heterocycles. The van der Waals surface area contributed by atoms with Crippen LogP contribution < -0.4 is 11.1 Å². The van der Waals surface area contributed by atoms with Gasteiger partial charge in [0.1, 0.15) is 0 Å². The molecule has 0 unspecified atom stereocenters. The maximum absolute atomic E-state index is 11.0. The van der Waals surface area contributed by atoms with Crippen molar-refractivity contribution < 1.29 is 4.79 Å². The summed E-state index contributed by atoms with van der Waals surface area (Å²) in [4.78, 5) is 13.0. The summed E-state index contributed by atoms with van der Waals surface area (Å²) in [6.07, 6.45) is 0. The van der Waals surface area contributed by atoms with Crippen LogP contribution >= 0.6 is 23.4 Å². The van der Waals surface area contributed by atoms with E-state index in [4.69, 9.17) is 17.3 Å². The molecular weight excluding hydrogens is 292 g/mol. The number of hydrogen-bond donors (Lipinski definition) is 2. The van der Waals surface area contributed by atoms with Crippen molar-refractivity contribution >= 4 is 35.0 Å². The van der Waals surface area contributed by atoms with E-state index in [0.29, 0.717) is 11.6 Å². The highest BCUT2D eigenvalue weighted by Gasteiger charge is 2.08. The molecule has 2 aromatic carbocycles. The molecule has 0 heterocycles. The second-order valence-electron chi connectivity index (χ2n) is 4.24. The van der Waals surface area contributed by atoms with Crippen LogP contribution in [0.4, 0.5) is 5.69 Å². The number of benzene rings is 2. The molecule has 0 saturated carbocycles. The fourth-order valence-electron chi connectivity index (χ4n) is 1.76. The predicted molar refractivity (Wildman–Crippen MR) is 84.2 cm³/mol. The summed E-state index contributed by atoms with van der Waals surface area (Å²) in [6, 6.07) is 13.3. The third-order valence-corrected chi connectivity index (χ3v) is 4.28.